The van der Waals surface area contributed by atoms with E-state index in [1.807, 2.05) is 0 Å². The lowest BCUT2D eigenvalue weighted by Crippen LogP contribution is -2.42. The Kier molecular flexibility index (Phi) is 2.54. The van der Waals surface area contributed by atoms with Crippen molar-refractivity contribution in [3.05, 3.63) is 24.0 Å². The largest absolute Gasteiger partial charge is 0.391 e. The zero-order valence-corrected chi connectivity index (χ0v) is 7.94. The van der Waals surface area contributed by atoms with Gasteiger partial charge in [0.1, 0.15) is 5.69 Å². The maximum Gasteiger partial charge on any atom is 0.270 e. The van der Waals surface area contributed by atoms with Gasteiger partial charge >= 0.3 is 0 Å². The highest BCUT2D eigenvalue weighted by Crippen LogP contribution is 2.12. The Hall–Kier alpha value is -1.29. The van der Waals surface area contributed by atoms with E-state index >= 15 is 0 Å². The molecule has 4 nitrogen and oxygen atoms in total. The predicted molar refractivity (Wildman–Crippen MR) is 51.9 cm³/mol. The number of piperidine rings is 1. The van der Waals surface area contributed by atoms with E-state index in [-0.39, 0.29) is 12.0 Å². The summed E-state index contributed by atoms with van der Waals surface area (Å²) >= 11 is 0. The smallest absolute Gasteiger partial charge is 0.270 e. The normalized spacial score (nSPS) is 22.4. The van der Waals surface area contributed by atoms with Crippen LogP contribution in [-0.2, 0) is 0 Å². The topological polar surface area (TPSA) is 56.3 Å². The minimum atomic E-state index is -0.359. The number of nitrogens with one attached hydrogen (secondary N) is 1. The summed E-state index contributed by atoms with van der Waals surface area (Å²) in [6.07, 6.45) is 3.05. The molecule has 0 aliphatic carbocycles. The Morgan fingerprint density at radius 3 is 3.14 bits per heavy atom. The number of amides is 1. The second-order valence-corrected chi connectivity index (χ2v) is 3.63. The van der Waals surface area contributed by atoms with Gasteiger partial charge < -0.3 is 15.0 Å². The van der Waals surface area contributed by atoms with Crippen LogP contribution in [0.1, 0.15) is 23.3 Å². The van der Waals surface area contributed by atoms with Gasteiger partial charge in [0.05, 0.1) is 6.10 Å². The van der Waals surface area contributed by atoms with Crippen LogP contribution in [0.5, 0.6) is 0 Å². The van der Waals surface area contributed by atoms with E-state index in [1.54, 1.807) is 23.2 Å². The van der Waals surface area contributed by atoms with Crippen molar-refractivity contribution < 1.29 is 9.90 Å². The number of carbonyl (C=O) groups is 1. The van der Waals surface area contributed by atoms with Gasteiger partial charge in [-0.15, -0.1) is 0 Å². The Morgan fingerprint density at radius 2 is 2.50 bits per heavy atom. The zero-order chi connectivity index (χ0) is 9.97. The Morgan fingerprint density at radius 1 is 1.64 bits per heavy atom. The molecular formula is C10H14N2O2. The van der Waals surface area contributed by atoms with Crippen molar-refractivity contribution >= 4 is 5.91 Å². The standard InChI is InChI=1S/C10H14N2O2/c13-8-3-2-6-12(7-8)10(14)9-4-1-5-11-9/h1,4-5,8,11,13H,2-3,6-7H2. The Bertz CT molecular complexity index is 308. The molecule has 1 amide bonds. The molecule has 14 heavy (non-hydrogen) atoms. The molecule has 1 aliphatic heterocycles. The van der Waals surface area contributed by atoms with Crippen LogP contribution in [-0.4, -0.2) is 40.1 Å². The van der Waals surface area contributed by atoms with Crippen molar-refractivity contribution in [3.8, 4) is 0 Å². The number of β-amino-alcohol motifs (C(OH)–C–C–N with tert-alkyl or cyclic N) is 1. The van der Waals surface area contributed by atoms with Crippen molar-refractivity contribution in [2.75, 3.05) is 13.1 Å². The molecule has 2 heterocycles. The highest BCUT2D eigenvalue weighted by molar-refractivity contribution is 5.92. The van der Waals surface area contributed by atoms with Gasteiger partial charge in [0.15, 0.2) is 0 Å². The molecule has 1 fully saturated rings. The van der Waals surface area contributed by atoms with E-state index in [1.165, 1.54) is 0 Å². The average molecular weight is 194 g/mol. The van der Waals surface area contributed by atoms with Crippen LogP contribution in [0, 0.1) is 0 Å². The van der Waals surface area contributed by atoms with E-state index in [0.717, 1.165) is 19.4 Å². The molecular weight excluding hydrogens is 180 g/mol. The second-order valence-electron chi connectivity index (χ2n) is 3.63. The third-order valence-electron chi connectivity index (χ3n) is 2.51. The van der Waals surface area contributed by atoms with Crippen LogP contribution in [0.3, 0.4) is 0 Å². The third-order valence-corrected chi connectivity index (χ3v) is 2.51. The van der Waals surface area contributed by atoms with Gasteiger partial charge in [-0.05, 0) is 25.0 Å². The first-order chi connectivity index (χ1) is 6.77. The molecule has 2 rings (SSSR count). The van der Waals surface area contributed by atoms with E-state index < -0.39 is 0 Å². The molecule has 1 saturated heterocycles. The summed E-state index contributed by atoms with van der Waals surface area (Å²) < 4.78 is 0. The first-order valence-corrected chi connectivity index (χ1v) is 4.88. The van der Waals surface area contributed by atoms with Gasteiger partial charge in [-0.1, -0.05) is 0 Å². The Balaban J connectivity index is 2.04. The number of aromatic amines is 1. The summed E-state index contributed by atoms with van der Waals surface area (Å²) in [5.74, 6) is -0.0197. The number of aliphatic hydroxyl groups excluding tert-OH is 1. The average Bonchev–Trinajstić information content (AvgIpc) is 2.69. The van der Waals surface area contributed by atoms with Crippen LogP contribution in [0.4, 0.5) is 0 Å². The molecule has 0 radical (unpaired) electrons. The first kappa shape index (κ1) is 9.27. The van der Waals surface area contributed by atoms with E-state index in [4.69, 9.17) is 0 Å². The number of carbonyl (C=O) groups excluding carboxylic acids is 1. The van der Waals surface area contributed by atoms with Crippen LogP contribution in [0.25, 0.3) is 0 Å². The molecule has 2 N–H and O–H groups in total. The van der Waals surface area contributed by atoms with Crippen molar-refractivity contribution in [1.82, 2.24) is 9.88 Å². The lowest BCUT2D eigenvalue weighted by molar-refractivity contribution is 0.0469. The fraction of sp³-hybridized carbons (Fsp3) is 0.500. The van der Waals surface area contributed by atoms with Crippen LogP contribution < -0.4 is 0 Å². The molecule has 1 aromatic rings. The minimum absolute atomic E-state index is 0.0197. The number of H-pyrrole nitrogens is 1. The number of aliphatic hydroxyl groups is 1. The highest BCUT2D eigenvalue weighted by atomic mass is 16.3. The molecule has 1 aliphatic rings. The molecule has 0 saturated carbocycles. The first-order valence-electron chi connectivity index (χ1n) is 4.88. The molecule has 0 spiro atoms. The van der Waals surface area contributed by atoms with Gasteiger partial charge in [-0.3, -0.25) is 4.79 Å². The molecule has 0 bridgehead atoms. The van der Waals surface area contributed by atoms with Crippen molar-refractivity contribution in [2.45, 2.75) is 18.9 Å². The SMILES string of the molecule is O=C(c1ccc[nH]1)N1CCCC(O)C1. The zero-order valence-electron chi connectivity index (χ0n) is 7.94. The molecule has 76 valence electrons. The van der Waals surface area contributed by atoms with Gasteiger partial charge in [0.25, 0.3) is 5.91 Å². The third kappa shape index (κ3) is 1.80. The molecule has 4 heteroatoms. The molecule has 1 unspecified atom stereocenters. The number of nitrogens with zero attached hydrogens (tertiary/aromatic N) is 1. The lowest BCUT2D eigenvalue weighted by Gasteiger charge is -2.29. The highest BCUT2D eigenvalue weighted by Gasteiger charge is 2.23. The summed E-state index contributed by atoms with van der Waals surface area (Å²) in [6, 6.07) is 3.55. The van der Waals surface area contributed by atoms with Gasteiger partial charge in [0, 0.05) is 19.3 Å². The second kappa shape index (κ2) is 3.84. The van der Waals surface area contributed by atoms with Crippen LogP contribution in [0.15, 0.2) is 18.3 Å². The van der Waals surface area contributed by atoms with Crippen molar-refractivity contribution in [1.29, 1.82) is 0 Å². The number of likely N-dealkylation sites (tertiary alicyclic amines) is 1. The summed E-state index contributed by atoms with van der Waals surface area (Å²) in [6.45, 7) is 1.20. The van der Waals surface area contributed by atoms with E-state index in [2.05, 4.69) is 4.98 Å². The summed E-state index contributed by atoms with van der Waals surface area (Å²) in [7, 11) is 0. The monoisotopic (exact) mass is 194 g/mol. The van der Waals surface area contributed by atoms with Crippen LogP contribution >= 0.6 is 0 Å². The number of hydrogen-bond acceptors (Lipinski definition) is 2. The predicted octanol–water partition coefficient (Wildman–Crippen LogP) is 0.612. The fourth-order valence-electron chi connectivity index (χ4n) is 1.77. The summed E-state index contributed by atoms with van der Waals surface area (Å²) in [5.41, 5.74) is 0.596. The summed E-state index contributed by atoms with van der Waals surface area (Å²) in [5, 5.41) is 9.42. The lowest BCUT2D eigenvalue weighted by atomic mass is 10.1. The van der Waals surface area contributed by atoms with E-state index in [0.29, 0.717) is 12.2 Å². The quantitative estimate of drug-likeness (QED) is 0.688. The fourth-order valence-corrected chi connectivity index (χ4v) is 1.77. The number of aromatic nitrogens is 1. The minimum Gasteiger partial charge on any atom is -0.391 e. The van der Waals surface area contributed by atoms with Crippen LogP contribution in [0.2, 0.25) is 0 Å². The maximum absolute atomic E-state index is 11.8. The molecule has 1 aromatic heterocycles. The molecule has 0 aromatic carbocycles. The summed E-state index contributed by atoms with van der Waals surface area (Å²) in [4.78, 5) is 16.4. The number of hydrogen-bond donors (Lipinski definition) is 2. The molecule has 1 atom stereocenters. The number of rotatable bonds is 1. The van der Waals surface area contributed by atoms with E-state index in [9.17, 15) is 9.90 Å². The van der Waals surface area contributed by atoms with Crippen molar-refractivity contribution in [3.63, 3.8) is 0 Å². The Labute approximate surface area is 82.5 Å². The van der Waals surface area contributed by atoms with Gasteiger partial charge in [-0.2, -0.15) is 0 Å². The maximum atomic E-state index is 11.8. The van der Waals surface area contributed by atoms with Gasteiger partial charge in [-0.25, -0.2) is 0 Å². The van der Waals surface area contributed by atoms with Gasteiger partial charge in [0.2, 0.25) is 0 Å². The van der Waals surface area contributed by atoms with Crippen molar-refractivity contribution in [2.24, 2.45) is 0 Å².